The van der Waals surface area contributed by atoms with Crippen molar-refractivity contribution in [1.82, 2.24) is 19.7 Å². The maximum atomic E-state index is 12.3. The Labute approximate surface area is 173 Å². The Kier molecular flexibility index (Phi) is 9.09. The molecule has 0 saturated carbocycles. The van der Waals surface area contributed by atoms with Gasteiger partial charge in [-0.15, -0.1) is 0 Å². The monoisotopic (exact) mass is 405 g/mol. The number of hydrogen-bond donors (Lipinski definition) is 1. The molecule has 2 aromatic heterocycles. The molecule has 0 aliphatic carbocycles. The molecule has 2 rings (SSSR count). The van der Waals surface area contributed by atoms with Crippen LogP contribution in [0.1, 0.15) is 97.6 Å². The molecule has 0 spiro atoms. The van der Waals surface area contributed by atoms with Gasteiger partial charge in [-0.2, -0.15) is 5.10 Å². The Hall–Kier alpha value is -1.76. The van der Waals surface area contributed by atoms with E-state index in [9.17, 15) is 4.79 Å². The third kappa shape index (κ3) is 7.34. The topological polar surface area (TPSA) is 72.7 Å². The van der Waals surface area contributed by atoms with Crippen molar-refractivity contribution in [3.63, 3.8) is 0 Å². The van der Waals surface area contributed by atoms with E-state index >= 15 is 0 Å². The highest BCUT2D eigenvalue weighted by molar-refractivity contribution is 7.18. The zero-order valence-electron chi connectivity index (χ0n) is 17.8. The van der Waals surface area contributed by atoms with Gasteiger partial charge in [0.2, 0.25) is 5.91 Å². The zero-order valence-corrected chi connectivity index (χ0v) is 18.6. The third-order valence-corrected chi connectivity index (χ3v) is 5.66. The SMILES string of the molecule is CCCCCCCCCCCC(=O)Nc1nc(C(C)(C)C)c(-n2cncn2)s1. The minimum atomic E-state index is -0.141. The van der Waals surface area contributed by atoms with Gasteiger partial charge >= 0.3 is 0 Å². The van der Waals surface area contributed by atoms with Gasteiger partial charge in [0.1, 0.15) is 17.7 Å². The molecule has 2 aromatic rings. The Morgan fingerprint density at radius 1 is 1.07 bits per heavy atom. The van der Waals surface area contributed by atoms with Crippen molar-refractivity contribution in [1.29, 1.82) is 0 Å². The van der Waals surface area contributed by atoms with Crippen molar-refractivity contribution in [2.75, 3.05) is 5.32 Å². The fourth-order valence-corrected chi connectivity index (χ4v) is 4.22. The second-order valence-corrected chi connectivity index (χ2v) is 9.37. The van der Waals surface area contributed by atoms with Crippen molar-refractivity contribution in [2.24, 2.45) is 0 Å². The molecule has 1 amide bonds. The fourth-order valence-electron chi connectivity index (χ4n) is 3.10. The molecule has 156 valence electrons. The molecular weight excluding hydrogens is 370 g/mol. The lowest BCUT2D eigenvalue weighted by Gasteiger charge is -2.16. The molecule has 0 radical (unpaired) electrons. The number of anilines is 1. The molecule has 7 heteroatoms. The predicted octanol–water partition coefficient (Wildman–Crippen LogP) is 5.88. The van der Waals surface area contributed by atoms with Crippen LogP contribution in [0, 0.1) is 0 Å². The molecule has 6 nitrogen and oxygen atoms in total. The van der Waals surface area contributed by atoms with Gasteiger partial charge in [-0.1, -0.05) is 90.4 Å². The Morgan fingerprint density at radius 3 is 2.29 bits per heavy atom. The summed E-state index contributed by atoms with van der Waals surface area (Å²) in [6.45, 7) is 8.57. The first kappa shape index (κ1) is 22.5. The minimum Gasteiger partial charge on any atom is -0.302 e. The van der Waals surface area contributed by atoms with Crippen LogP contribution in [0.2, 0.25) is 0 Å². The van der Waals surface area contributed by atoms with Crippen molar-refractivity contribution >= 4 is 22.4 Å². The van der Waals surface area contributed by atoms with Gasteiger partial charge in [0, 0.05) is 11.8 Å². The van der Waals surface area contributed by atoms with Gasteiger partial charge in [0.15, 0.2) is 5.13 Å². The van der Waals surface area contributed by atoms with E-state index in [0.717, 1.165) is 23.5 Å². The molecule has 1 N–H and O–H groups in total. The highest BCUT2D eigenvalue weighted by Crippen LogP contribution is 2.34. The molecule has 0 unspecified atom stereocenters. The van der Waals surface area contributed by atoms with Gasteiger partial charge in [-0.05, 0) is 6.42 Å². The summed E-state index contributed by atoms with van der Waals surface area (Å²) < 4.78 is 1.72. The number of amides is 1. The number of hydrogen-bond acceptors (Lipinski definition) is 5. The summed E-state index contributed by atoms with van der Waals surface area (Å²) in [6.07, 6.45) is 15.0. The van der Waals surface area contributed by atoms with Crippen LogP contribution in [0.15, 0.2) is 12.7 Å². The summed E-state index contributed by atoms with van der Waals surface area (Å²) in [5.74, 6) is 0.0438. The molecule has 2 heterocycles. The van der Waals surface area contributed by atoms with Gasteiger partial charge in [-0.3, -0.25) is 4.79 Å². The Balaban J connectivity index is 1.76. The number of carbonyl (C=O) groups excluding carboxylic acids is 1. The van der Waals surface area contributed by atoms with Crippen molar-refractivity contribution in [2.45, 2.75) is 97.3 Å². The quantitative estimate of drug-likeness (QED) is 0.447. The van der Waals surface area contributed by atoms with Crippen LogP contribution in [0.25, 0.3) is 5.00 Å². The van der Waals surface area contributed by atoms with Gasteiger partial charge < -0.3 is 5.32 Å². The molecule has 28 heavy (non-hydrogen) atoms. The van der Waals surface area contributed by atoms with Crippen molar-refractivity contribution in [3.8, 4) is 5.00 Å². The van der Waals surface area contributed by atoms with Gasteiger partial charge in [0.05, 0.1) is 5.69 Å². The molecule has 0 fully saturated rings. The van der Waals surface area contributed by atoms with Crippen molar-refractivity contribution in [3.05, 3.63) is 18.3 Å². The van der Waals surface area contributed by atoms with E-state index < -0.39 is 0 Å². The average molecular weight is 406 g/mol. The first-order valence-corrected chi connectivity index (χ1v) is 11.4. The summed E-state index contributed by atoms with van der Waals surface area (Å²) in [6, 6.07) is 0. The van der Waals surface area contributed by atoms with Crippen LogP contribution in [0.4, 0.5) is 5.13 Å². The van der Waals surface area contributed by atoms with Crippen LogP contribution in [-0.4, -0.2) is 25.7 Å². The number of aromatic nitrogens is 4. The second-order valence-electron chi connectivity index (χ2n) is 8.39. The van der Waals surface area contributed by atoms with Crippen LogP contribution in [0.3, 0.4) is 0 Å². The highest BCUT2D eigenvalue weighted by atomic mass is 32.1. The zero-order chi connectivity index (χ0) is 20.4. The van der Waals surface area contributed by atoms with E-state index in [1.807, 2.05) is 0 Å². The van der Waals surface area contributed by atoms with Crippen LogP contribution in [-0.2, 0) is 10.2 Å². The van der Waals surface area contributed by atoms with E-state index in [1.54, 1.807) is 11.0 Å². The van der Waals surface area contributed by atoms with E-state index in [0.29, 0.717) is 11.6 Å². The normalized spacial score (nSPS) is 11.7. The van der Waals surface area contributed by atoms with Crippen molar-refractivity contribution < 1.29 is 4.79 Å². The molecular formula is C21H35N5OS. The molecule has 0 aromatic carbocycles. The first-order valence-electron chi connectivity index (χ1n) is 10.6. The maximum Gasteiger partial charge on any atom is 0.226 e. The van der Waals surface area contributed by atoms with Gasteiger partial charge in [-0.25, -0.2) is 14.6 Å². The number of rotatable bonds is 12. The smallest absolute Gasteiger partial charge is 0.226 e. The van der Waals surface area contributed by atoms with Crippen LogP contribution < -0.4 is 5.32 Å². The number of carbonyl (C=O) groups is 1. The molecule has 0 aliphatic rings. The highest BCUT2D eigenvalue weighted by Gasteiger charge is 2.25. The lowest BCUT2D eigenvalue weighted by Crippen LogP contribution is -2.16. The van der Waals surface area contributed by atoms with Crippen LogP contribution >= 0.6 is 11.3 Å². The third-order valence-electron chi connectivity index (χ3n) is 4.70. The van der Waals surface area contributed by atoms with E-state index in [2.05, 4.69) is 48.1 Å². The number of thiazole rings is 1. The molecule has 0 saturated heterocycles. The lowest BCUT2D eigenvalue weighted by atomic mass is 9.92. The molecule has 0 aliphatic heterocycles. The maximum absolute atomic E-state index is 12.3. The van der Waals surface area contributed by atoms with Crippen LogP contribution in [0.5, 0.6) is 0 Å². The minimum absolute atomic E-state index is 0.0438. The summed E-state index contributed by atoms with van der Waals surface area (Å²) in [7, 11) is 0. The summed E-state index contributed by atoms with van der Waals surface area (Å²) in [5, 5.41) is 8.73. The summed E-state index contributed by atoms with van der Waals surface area (Å²) in [4.78, 5) is 21.0. The van der Waals surface area contributed by atoms with E-state index in [-0.39, 0.29) is 11.3 Å². The molecule has 0 atom stereocenters. The number of nitrogens with zero attached hydrogens (tertiary/aromatic N) is 4. The fraction of sp³-hybridized carbons (Fsp3) is 0.714. The van der Waals surface area contributed by atoms with E-state index in [4.69, 9.17) is 0 Å². The first-order chi connectivity index (χ1) is 13.4. The predicted molar refractivity (Wildman–Crippen MR) is 116 cm³/mol. The second kappa shape index (κ2) is 11.3. The summed E-state index contributed by atoms with van der Waals surface area (Å²) in [5.41, 5.74) is 0.777. The Bertz CT molecular complexity index is 703. The molecule has 0 bridgehead atoms. The van der Waals surface area contributed by atoms with Gasteiger partial charge in [0.25, 0.3) is 0 Å². The largest absolute Gasteiger partial charge is 0.302 e. The summed E-state index contributed by atoms with van der Waals surface area (Å²) >= 11 is 1.45. The average Bonchev–Trinajstić information content (AvgIpc) is 3.29. The number of unbranched alkanes of at least 4 members (excludes halogenated alkanes) is 8. The standard InChI is InChI=1S/C21H35N5OS/c1-5-6-7-8-9-10-11-12-13-14-17(27)24-20-25-18(21(2,3)4)19(28-20)26-16-22-15-23-26/h15-16H,5-14H2,1-4H3,(H,24,25,27). The Morgan fingerprint density at radius 2 is 1.71 bits per heavy atom. The van der Waals surface area contributed by atoms with E-state index in [1.165, 1.54) is 62.6 Å². The lowest BCUT2D eigenvalue weighted by molar-refractivity contribution is -0.116. The number of nitrogens with one attached hydrogen (secondary N) is 1.